The second-order valence-corrected chi connectivity index (χ2v) is 7.10. The summed E-state index contributed by atoms with van der Waals surface area (Å²) < 4.78 is 32.8. The standard InChI is InChI=1S/C21H18F2N6O/c22-13-1-2-19(15(23)9-13)30-14-4-7-29(8-5-14)21-20(18-11-25-12-26-18)27-17-10-24-6-3-16(17)28-21/h1-3,6,9-12,14H,4-5,7-8H2,(H,25,26). The number of H-pyrrole nitrogens is 1. The Morgan fingerprint density at radius 3 is 2.63 bits per heavy atom. The molecule has 1 fully saturated rings. The number of rotatable bonds is 4. The number of nitrogens with one attached hydrogen (secondary N) is 1. The predicted octanol–water partition coefficient (Wildman–Crippen LogP) is 3.74. The maximum absolute atomic E-state index is 13.9. The van der Waals surface area contributed by atoms with Crippen molar-refractivity contribution in [2.75, 3.05) is 18.0 Å². The summed E-state index contributed by atoms with van der Waals surface area (Å²) in [6, 6.07) is 5.19. The molecule has 0 saturated carbocycles. The van der Waals surface area contributed by atoms with Gasteiger partial charge in [0.25, 0.3) is 0 Å². The van der Waals surface area contributed by atoms with E-state index in [2.05, 4.69) is 19.9 Å². The average Bonchev–Trinajstić information content (AvgIpc) is 3.30. The van der Waals surface area contributed by atoms with E-state index < -0.39 is 11.6 Å². The van der Waals surface area contributed by atoms with Crippen molar-refractivity contribution >= 4 is 16.9 Å². The number of anilines is 1. The van der Waals surface area contributed by atoms with Crippen molar-refractivity contribution in [1.29, 1.82) is 0 Å². The molecule has 1 aromatic carbocycles. The average molecular weight is 408 g/mol. The highest BCUT2D eigenvalue weighted by atomic mass is 19.1. The van der Waals surface area contributed by atoms with E-state index >= 15 is 0 Å². The number of halogens is 2. The van der Waals surface area contributed by atoms with Crippen LogP contribution in [0.1, 0.15) is 12.8 Å². The Labute approximate surface area is 170 Å². The van der Waals surface area contributed by atoms with Crippen LogP contribution in [0.3, 0.4) is 0 Å². The molecule has 0 amide bonds. The van der Waals surface area contributed by atoms with Crippen molar-refractivity contribution in [3.05, 3.63) is 60.8 Å². The number of nitrogens with zero attached hydrogens (tertiary/aromatic N) is 5. The predicted molar refractivity (Wildman–Crippen MR) is 107 cm³/mol. The molecule has 0 radical (unpaired) electrons. The van der Waals surface area contributed by atoms with Gasteiger partial charge in [-0.3, -0.25) is 4.98 Å². The molecule has 0 atom stereocenters. The van der Waals surface area contributed by atoms with Crippen LogP contribution in [0.15, 0.2) is 49.2 Å². The van der Waals surface area contributed by atoms with E-state index in [9.17, 15) is 8.78 Å². The first kappa shape index (κ1) is 18.4. The SMILES string of the molecule is Fc1ccc(OC2CCN(c3nc4ccncc4nc3-c3cnc[nH]3)CC2)c(F)c1. The number of piperidine rings is 1. The van der Waals surface area contributed by atoms with Crippen LogP contribution in [0.5, 0.6) is 5.75 Å². The summed E-state index contributed by atoms with van der Waals surface area (Å²) in [6.45, 7) is 1.33. The fourth-order valence-corrected chi connectivity index (χ4v) is 3.62. The van der Waals surface area contributed by atoms with E-state index in [0.29, 0.717) is 37.1 Å². The maximum atomic E-state index is 13.9. The van der Waals surface area contributed by atoms with Gasteiger partial charge in [0, 0.05) is 38.2 Å². The zero-order valence-electron chi connectivity index (χ0n) is 15.9. The van der Waals surface area contributed by atoms with Gasteiger partial charge in [-0.2, -0.15) is 0 Å². The Hall–Kier alpha value is -3.62. The lowest BCUT2D eigenvalue weighted by Gasteiger charge is -2.33. The quantitative estimate of drug-likeness (QED) is 0.554. The van der Waals surface area contributed by atoms with Crippen molar-refractivity contribution < 1.29 is 13.5 Å². The third-order valence-electron chi connectivity index (χ3n) is 5.13. The van der Waals surface area contributed by atoms with Gasteiger partial charge in [0.2, 0.25) is 0 Å². The molecule has 1 aliphatic rings. The van der Waals surface area contributed by atoms with Gasteiger partial charge < -0.3 is 14.6 Å². The summed E-state index contributed by atoms with van der Waals surface area (Å²) in [5.41, 5.74) is 2.94. The maximum Gasteiger partial charge on any atom is 0.167 e. The van der Waals surface area contributed by atoms with Crippen molar-refractivity contribution in [2.45, 2.75) is 18.9 Å². The van der Waals surface area contributed by atoms with Crippen LogP contribution in [0.2, 0.25) is 0 Å². The number of pyridine rings is 1. The molecule has 0 bridgehead atoms. The fourth-order valence-electron chi connectivity index (χ4n) is 3.62. The van der Waals surface area contributed by atoms with Crippen molar-refractivity contribution in [3.63, 3.8) is 0 Å². The monoisotopic (exact) mass is 408 g/mol. The highest BCUT2D eigenvalue weighted by Gasteiger charge is 2.26. The molecule has 7 nitrogen and oxygen atoms in total. The minimum Gasteiger partial charge on any atom is -0.487 e. The molecule has 1 aliphatic heterocycles. The first-order chi connectivity index (χ1) is 14.7. The molecular weight excluding hydrogens is 390 g/mol. The van der Waals surface area contributed by atoms with Crippen LogP contribution in [0, 0.1) is 11.6 Å². The van der Waals surface area contributed by atoms with Crippen LogP contribution >= 0.6 is 0 Å². The van der Waals surface area contributed by atoms with Crippen LogP contribution in [0.25, 0.3) is 22.4 Å². The lowest BCUT2D eigenvalue weighted by molar-refractivity contribution is 0.163. The van der Waals surface area contributed by atoms with Crippen LogP contribution < -0.4 is 9.64 Å². The summed E-state index contributed by atoms with van der Waals surface area (Å²) in [5.74, 6) is -0.477. The number of ether oxygens (including phenoxy) is 1. The molecule has 152 valence electrons. The summed E-state index contributed by atoms with van der Waals surface area (Å²) >= 11 is 0. The molecule has 0 aliphatic carbocycles. The van der Waals surface area contributed by atoms with Crippen LogP contribution in [-0.4, -0.2) is 44.1 Å². The van der Waals surface area contributed by atoms with Gasteiger partial charge in [-0.1, -0.05) is 0 Å². The van der Waals surface area contributed by atoms with Crippen molar-refractivity contribution in [1.82, 2.24) is 24.9 Å². The highest BCUT2D eigenvalue weighted by Crippen LogP contribution is 2.31. The van der Waals surface area contributed by atoms with Gasteiger partial charge in [0.05, 0.1) is 29.9 Å². The van der Waals surface area contributed by atoms with E-state index in [4.69, 9.17) is 14.7 Å². The fraction of sp³-hybridized carbons (Fsp3) is 0.238. The van der Waals surface area contributed by atoms with Gasteiger partial charge in [-0.05, 0) is 18.2 Å². The van der Waals surface area contributed by atoms with Gasteiger partial charge in [-0.15, -0.1) is 0 Å². The summed E-state index contributed by atoms with van der Waals surface area (Å²) in [6.07, 6.45) is 7.88. The van der Waals surface area contributed by atoms with E-state index in [0.717, 1.165) is 23.1 Å². The summed E-state index contributed by atoms with van der Waals surface area (Å²) in [4.78, 5) is 23.0. The van der Waals surface area contributed by atoms with E-state index in [1.54, 1.807) is 24.9 Å². The van der Waals surface area contributed by atoms with Gasteiger partial charge in [0.1, 0.15) is 23.1 Å². The minimum absolute atomic E-state index is 0.0750. The van der Waals surface area contributed by atoms with Crippen molar-refractivity contribution in [2.24, 2.45) is 0 Å². The Bertz CT molecular complexity index is 1180. The molecule has 1 saturated heterocycles. The smallest absolute Gasteiger partial charge is 0.167 e. The normalized spacial score (nSPS) is 14.9. The largest absolute Gasteiger partial charge is 0.487 e. The molecule has 3 aromatic heterocycles. The molecule has 30 heavy (non-hydrogen) atoms. The number of aromatic nitrogens is 5. The molecule has 0 spiro atoms. The van der Waals surface area contributed by atoms with Crippen LogP contribution in [-0.2, 0) is 0 Å². The number of hydrogen-bond acceptors (Lipinski definition) is 6. The van der Waals surface area contributed by atoms with E-state index in [-0.39, 0.29) is 11.9 Å². The van der Waals surface area contributed by atoms with Crippen LogP contribution in [0.4, 0.5) is 14.6 Å². The summed E-state index contributed by atoms with van der Waals surface area (Å²) in [5, 5.41) is 0. The molecule has 4 aromatic rings. The Morgan fingerprint density at radius 2 is 1.87 bits per heavy atom. The Balaban J connectivity index is 1.38. The third kappa shape index (κ3) is 3.54. The van der Waals surface area contributed by atoms with Crippen molar-refractivity contribution in [3.8, 4) is 17.1 Å². The second-order valence-electron chi connectivity index (χ2n) is 7.10. The topological polar surface area (TPSA) is 79.8 Å². The molecule has 1 N–H and O–H groups in total. The summed E-state index contributed by atoms with van der Waals surface area (Å²) in [7, 11) is 0. The number of fused-ring (bicyclic) bond motifs is 1. The van der Waals surface area contributed by atoms with Gasteiger partial charge >= 0.3 is 0 Å². The number of imidazole rings is 1. The van der Waals surface area contributed by atoms with E-state index in [1.165, 1.54) is 12.1 Å². The molecule has 4 heterocycles. The van der Waals surface area contributed by atoms with Gasteiger partial charge in [-0.25, -0.2) is 23.7 Å². The lowest BCUT2D eigenvalue weighted by atomic mass is 10.1. The third-order valence-corrected chi connectivity index (χ3v) is 5.13. The molecule has 9 heteroatoms. The first-order valence-electron chi connectivity index (χ1n) is 9.64. The molecule has 5 rings (SSSR count). The minimum atomic E-state index is -0.687. The van der Waals surface area contributed by atoms with E-state index in [1.807, 2.05) is 6.07 Å². The second kappa shape index (κ2) is 7.66. The highest BCUT2D eigenvalue weighted by molar-refractivity contribution is 5.81. The Kier molecular flexibility index (Phi) is 4.70. The Morgan fingerprint density at radius 1 is 1.00 bits per heavy atom. The lowest BCUT2D eigenvalue weighted by Crippen LogP contribution is -2.39. The number of aromatic amines is 1. The first-order valence-corrected chi connectivity index (χ1v) is 9.64. The molecular formula is C21H18F2N6O. The zero-order chi connectivity index (χ0) is 20.5. The molecule has 0 unspecified atom stereocenters. The number of hydrogen-bond donors (Lipinski definition) is 1. The zero-order valence-corrected chi connectivity index (χ0v) is 15.9. The number of benzene rings is 1. The van der Waals surface area contributed by atoms with Gasteiger partial charge in [0.15, 0.2) is 17.4 Å².